The van der Waals surface area contributed by atoms with Crippen molar-refractivity contribution < 1.29 is 5.11 Å². The number of hydrogen-bond acceptors (Lipinski definition) is 2. The summed E-state index contributed by atoms with van der Waals surface area (Å²) in [5, 5.41) is 12.5. The van der Waals surface area contributed by atoms with Gasteiger partial charge in [0.1, 0.15) is 0 Å². The maximum Gasteiger partial charge on any atom is 0.0584 e. The van der Waals surface area contributed by atoms with E-state index in [1.165, 1.54) is 64.2 Å². The van der Waals surface area contributed by atoms with Gasteiger partial charge in [0.2, 0.25) is 0 Å². The molecule has 1 aliphatic rings. The van der Waals surface area contributed by atoms with Crippen molar-refractivity contribution in [1.82, 2.24) is 5.32 Å². The molecular formula is C15H31NO. The second-order valence-corrected chi connectivity index (χ2v) is 5.58. The molecule has 1 fully saturated rings. The van der Waals surface area contributed by atoms with Crippen molar-refractivity contribution >= 4 is 0 Å². The van der Waals surface area contributed by atoms with Crippen molar-refractivity contribution in [2.45, 2.75) is 89.6 Å². The van der Waals surface area contributed by atoms with Gasteiger partial charge in [-0.2, -0.15) is 0 Å². The number of rotatable bonds is 10. The highest BCUT2D eigenvalue weighted by Crippen LogP contribution is 2.18. The van der Waals surface area contributed by atoms with Crippen molar-refractivity contribution in [3.8, 4) is 0 Å². The van der Waals surface area contributed by atoms with Crippen LogP contribution in [-0.4, -0.2) is 23.8 Å². The standard InChI is InChI=1S/C15H31NO/c1-2-3-4-5-6-7-8-9-10-14-11-12-15(13-17)16-14/h14-17H,2-13H2,1H3/t14-,15-/m0/s1. The van der Waals surface area contributed by atoms with E-state index in [9.17, 15) is 0 Å². The molecule has 0 aromatic carbocycles. The largest absolute Gasteiger partial charge is 0.395 e. The Morgan fingerprint density at radius 2 is 1.47 bits per heavy atom. The Morgan fingerprint density at radius 1 is 0.882 bits per heavy atom. The summed E-state index contributed by atoms with van der Waals surface area (Å²) in [6.07, 6.45) is 15.0. The van der Waals surface area contributed by atoms with Gasteiger partial charge in [-0.1, -0.05) is 58.3 Å². The van der Waals surface area contributed by atoms with E-state index < -0.39 is 0 Å². The lowest BCUT2D eigenvalue weighted by molar-refractivity contribution is 0.250. The quantitative estimate of drug-likeness (QED) is 0.572. The lowest BCUT2D eigenvalue weighted by atomic mass is 10.0. The van der Waals surface area contributed by atoms with Crippen LogP contribution in [0.3, 0.4) is 0 Å². The second kappa shape index (κ2) is 9.90. The SMILES string of the molecule is CCCCCCCCCC[C@H]1CC[C@@H](CO)N1. The number of unbranched alkanes of at least 4 members (excludes halogenated alkanes) is 7. The average molecular weight is 241 g/mol. The lowest BCUT2D eigenvalue weighted by Crippen LogP contribution is -2.31. The van der Waals surface area contributed by atoms with Crippen molar-refractivity contribution in [1.29, 1.82) is 0 Å². The van der Waals surface area contributed by atoms with Gasteiger partial charge in [0.15, 0.2) is 0 Å². The Hall–Kier alpha value is -0.0800. The first kappa shape index (κ1) is 15.0. The molecule has 17 heavy (non-hydrogen) atoms. The molecule has 1 heterocycles. The van der Waals surface area contributed by atoms with E-state index >= 15 is 0 Å². The first-order chi connectivity index (χ1) is 8.36. The Kier molecular flexibility index (Phi) is 8.72. The zero-order chi connectivity index (χ0) is 12.3. The van der Waals surface area contributed by atoms with Crippen molar-refractivity contribution in [2.75, 3.05) is 6.61 Å². The zero-order valence-electron chi connectivity index (χ0n) is 11.6. The molecule has 0 radical (unpaired) electrons. The third-order valence-corrected chi connectivity index (χ3v) is 3.96. The van der Waals surface area contributed by atoms with Gasteiger partial charge in [-0.15, -0.1) is 0 Å². The Balaban J connectivity index is 1.81. The van der Waals surface area contributed by atoms with Gasteiger partial charge >= 0.3 is 0 Å². The summed E-state index contributed by atoms with van der Waals surface area (Å²) in [4.78, 5) is 0. The number of aliphatic hydroxyl groups excluding tert-OH is 1. The van der Waals surface area contributed by atoms with E-state index in [2.05, 4.69) is 12.2 Å². The van der Waals surface area contributed by atoms with Gasteiger partial charge in [-0.3, -0.25) is 0 Å². The van der Waals surface area contributed by atoms with Crippen LogP contribution >= 0.6 is 0 Å². The molecule has 1 rings (SSSR count). The van der Waals surface area contributed by atoms with Crippen LogP contribution in [0.5, 0.6) is 0 Å². The summed E-state index contributed by atoms with van der Waals surface area (Å²) >= 11 is 0. The summed E-state index contributed by atoms with van der Waals surface area (Å²) in [5.74, 6) is 0. The highest BCUT2D eigenvalue weighted by atomic mass is 16.3. The lowest BCUT2D eigenvalue weighted by Gasteiger charge is -2.12. The monoisotopic (exact) mass is 241 g/mol. The summed E-state index contributed by atoms with van der Waals surface area (Å²) in [6, 6.07) is 1.07. The van der Waals surface area contributed by atoms with Crippen LogP contribution in [0, 0.1) is 0 Å². The molecular weight excluding hydrogens is 210 g/mol. The van der Waals surface area contributed by atoms with E-state index in [-0.39, 0.29) is 0 Å². The van der Waals surface area contributed by atoms with Gasteiger partial charge in [-0.25, -0.2) is 0 Å². The van der Waals surface area contributed by atoms with Crippen molar-refractivity contribution in [3.63, 3.8) is 0 Å². The molecule has 0 aromatic heterocycles. The molecule has 0 aromatic rings. The van der Waals surface area contributed by atoms with Crippen LogP contribution in [-0.2, 0) is 0 Å². The second-order valence-electron chi connectivity index (χ2n) is 5.58. The molecule has 2 atom stereocenters. The smallest absolute Gasteiger partial charge is 0.0584 e. The maximum absolute atomic E-state index is 9.03. The Labute approximate surface area is 107 Å². The molecule has 0 saturated carbocycles. The molecule has 1 saturated heterocycles. The van der Waals surface area contributed by atoms with Crippen LogP contribution in [0.1, 0.15) is 77.6 Å². The predicted molar refractivity (Wildman–Crippen MR) is 74.3 cm³/mol. The van der Waals surface area contributed by atoms with E-state index in [4.69, 9.17) is 5.11 Å². The molecule has 0 bridgehead atoms. The van der Waals surface area contributed by atoms with Gasteiger partial charge in [0.05, 0.1) is 6.61 Å². The van der Waals surface area contributed by atoms with Gasteiger partial charge in [-0.05, 0) is 19.3 Å². The Bertz CT molecular complexity index is 172. The fourth-order valence-electron chi connectivity index (χ4n) is 2.80. The average Bonchev–Trinajstić information content (AvgIpc) is 2.80. The van der Waals surface area contributed by atoms with Gasteiger partial charge in [0.25, 0.3) is 0 Å². The van der Waals surface area contributed by atoms with Crippen LogP contribution in [0.4, 0.5) is 0 Å². The zero-order valence-corrected chi connectivity index (χ0v) is 11.6. The van der Waals surface area contributed by atoms with Crippen LogP contribution in [0.2, 0.25) is 0 Å². The summed E-state index contributed by atoms with van der Waals surface area (Å²) < 4.78 is 0. The summed E-state index contributed by atoms with van der Waals surface area (Å²) in [7, 11) is 0. The summed E-state index contributed by atoms with van der Waals surface area (Å²) in [6.45, 7) is 2.59. The third kappa shape index (κ3) is 7.05. The normalized spacial score (nSPS) is 24.4. The highest BCUT2D eigenvalue weighted by molar-refractivity contribution is 4.82. The molecule has 2 heteroatoms. The van der Waals surface area contributed by atoms with Gasteiger partial charge < -0.3 is 10.4 Å². The Morgan fingerprint density at radius 3 is 2.06 bits per heavy atom. The molecule has 0 amide bonds. The topological polar surface area (TPSA) is 32.3 Å². The third-order valence-electron chi connectivity index (χ3n) is 3.96. The van der Waals surface area contributed by atoms with Crippen molar-refractivity contribution in [2.24, 2.45) is 0 Å². The van der Waals surface area contributed by atoms with E-state index in [1.54, 1.807) is 0 Å². The van der Waals surface area contributed by atoms with Gasteiger partial charge in [0, 0.05) is 12.1 Å². The fraction of sp³-hybridized carbons (Fsp3) is 1.00. The van der Waals surface area contributed by atoms with E-state index in [0.29, 0.717) is 18.7 Å². The minimum Gasteiger partial charge on any atom is -0.395 e. The summed E-state index contributed by atoms with van der Waals surface area (Å²) in [5.41, 5.74) is 0. The van der Waals surface area contributed by atoms with Crippen molar-refractivity contribution in [3.05, 3.63) is 0 Å². The molecule has 2 nitrogen and oxygen atoms in total. The van der Waals surface area contributed by atoms with E-state index in [1.807, 2.05) is 0 Å². The molecule has 0 unspecified atom stereocenters. The molecule has 0 aliphatic carbocycles. The van der Waals surface area contributed by atoms with E-state index in [0.717, 1.165) is 6.42 Å². The first-order valence-electron chi connectivity index (χ1n) is 7.73. The molecule has 1 aliphatic heterocycles. The maximum atomic E-state index is 9.03. The molecule has 102 valence electrons. The van der Waals surface area contributed by atoms with Crippen LogP contribution in [0.25, 0.3) is 0 Å². The number of nitrogens with one attached hydrogen (secondary N) is 1. The first-order valence-corrected chi connectivity index (χ1v) is 7.73. The molecule has 0 spiro atoms. The van der Waals surface area contributed by atoms with Crippen LogP contribution < -0.4 is 5.32 Å². The minimum atomic E-state index is 0.313. The number of aliphatic hydroxyl groups is 1. The van der Waals surface area contributed by atoms with Crippen LogP contribution in [0.15, 0.2) is 0 Å². The highest BCUT2D eigenvalue weighted by Gasteiger charge is 2.21. The number of hydrogen-bond donors (Lipinski definition) is 2. The predicted octanol–water partition coefficient (Wildman–Crippen LogP) is 3.63. The minimum absolute atomic E-state index is 0.313. The fourth-order valence-corrected chi connectivity index (χ4v) is 2.80. The molecule has 2 N–H and O–H groups in total.